The summed E-state index contributed by atoms with van der Waals surface area (Å²) in [5.74, 6) is 0.956. The molecule has 132 valence electrons. The Morgan fingerprint density at radius 2 is 1.69 bits per heavy atom. The number of hydrogen-bond donors (Lipinski definition) is 1. The molecule has 0 heterocycles. The number of ether oxygens (including phenoxy) is 2. The Hall–Kier alpha value is -3.29. The number of nitriles is 1. The topological polar surface area (TPSA) is 62.5 Å². The van der Waals surface area contributed by atoms with Crippen LogP contribution < -0.4 is 4.74 Å². The van der Waals surface area contributed by atoms with Crippen LogP contribution in [-0.2, 0) is 4.74 Å². The molecule has 2 rings (SSSR count). The van der Waals surface area contributed by atoms with Crippen molar-refractivity contribution < 1.29 is 14.6 Å². The highest BCUT2D eigenvalue weighted by Crippen LogP contribution is 2.17. The maximum Gasteiger partial charge on any atom is 0.196 e. The van der Waals surface area contributed by atoms with Gasteiger partial charge in [0.05, 0.1) is 6.07 Å². The summed E-state index contributed by atoms with van der Waals surface area (Å²) in [6.07, 6.45) is 8.68. The first-order valence-electron chi connectivity index (χ1n) is 8.15. The lowest BCUT2D eigenvalue weighted by molar-refractivity contribution is -0.0382. The van der Waals surface area contributed by atoms with Gasteiger partial charge in [-0.1, -0.05) is 36.4 Å². The third-order valence-electron chi connectivity index (χ3n) is 3.56. The maximum absolute atomic E-state index is 9.37. The van der Waals surface area contributed by atoms with Crippen molar-refractivity contribution in [1.82, 2.24) is 0 Å². The van der Waals surface area contributed by atoms with E-state index in [0.29, 0.717) is 0 Å². The van der Waals surface area contributed by atoms with E-state index in [4.69, 9.17) is 14.7 Å². The molecule has 26 heavy (non-hydrogen) atoms. The zero-order chi connectivity index (χ0) is 18.8. The van der Waals surface area contributed by atoms with E-state index in [0.717, 1.165) is 22.4 Å². The Morgan fingerprint density at radius 3 is 2.31 bits per heavy atom. The first-order chi connectivity index (χ1) is 12.6. The first kappa shape index (κ1) is 19.0. The third-order valence-corrected chi connectivity index (χ3v) is 3.56. The van der Waals surface area contributed by atoms with E-state index in [2.05, 4.69) is 0 Å². The van der Waals surface area contributed by atoms with Crippen LogP contribution in [0.4, 0.5) is 0 Å². The van der Waals surface area contributed by atoms with Crippen LogP contribution in [-0.4, -0.2) is 18.5 Å². The lowest BCUT2D eigenvalue weighted by Gasteiger charge is -2.12. The summed E-state index contributed by atoms with van der Waals surface area (Å²) in [5, 5.41) is 18.1. The van der Waals surface area contributed by atoms with Crippen molar-refractivity contribution in [1.29, 1.82) is 5.26 Å². The number of nitrogens with zero attached hydrogens (tertiary/aromatic N) is 1. The van der Waals surface area contributed by atoms with Crippen LogP contribution in [0.25, 0.3) is 12.2 Å². The highest BCUT2D eigenvalue weighted by Gasteiger charge is 2.00. The quantitative estimate of drug-likeness (QED) is 0.438. The fourth-order valence-electron chi connectivity index (χ4n) is 2.14. The molecule has 0 radical (unpaired) electrons. The van der Waals surface area contributed by atoms with E-state index in [1.165, 1.54) is 6.08 Å². The van der Waals surface area contributed by atoms with Gasteiger partial charge in [0.2, 0.25) is 0 Å². The van der Waals surface area contributed by atoms with Crippen molar-refractivity contribution in [2.45, 2.75) is 13.2 Å². The number of hydrogen-bond acceptors (Lipinski definition) is 4. The number of allylic oxidation sites excluding steroid dienone is 4. The fourth-order valence-corrected chi connectivity index (χ4v) is 2.14. The zero-order valence-corrected chi connectivity index (χ0v) is 14.8. The Labute approximate surface area is 153 Å². The number of methoxy groups -OCH3 is 1. The van der Waals surface area contributed by atoms with Crippen LogP contribution in [0.2, 0.25) is 0 Å². The van der Waals surface area contributed by atoms with Gasteiger partial charge >= 0.3 is 0 Å². The molecule has 0 amide bonds. The summed E-state index contributed by atoms with van der Waals surface area (Å²) in [5.41, 5.74) is 2.80. The largest absolute Gasteiger partial charge is 0.508 e. The molecule has 0 saturated carbocycles. The monoisotopic (exact) mass is 347 g/mol. The van der Waals surface area contributed by atoms with Gasteiger partial charge in [-0.25, -0.2) is 0 Å². The molecule has 1 atom stereocenters. The predicted octanol–water partition coefficient (Wildman–Crippen LogP) is 4.94. The number of rotatable bonds is 7. The van der Waals surface area contributed by atoms with Crippen molar-refractivity contribution in [2.24, 2.45) is 0 Å². The van der Waals surface area contributed by atoms with Gasteiger partial charge in [-0.05, 0) is 60.0 Å². The second-order valence-corrected chi connectivity index (χ2v) is 5.52. The minimum atomic E-state index is -0.299. The molecule has 4 heteroatoms. The molecule has 0 spiro atoms. The molecule has 0 fully saturated rings. The smallest absolute Gasteiger partial charge is 0.196 e. The van der Waals surface area contributed by atoms with Crippen LogP contribution in [0.15, 0.2) is 72.3 Å². The summed E-state index contributed by atoms with van der Waals surface area (Å²) in [6.45, 7) is 1.83. The average Bonchev–Trinajstić information content (AvgIpc) is 2.66. The van der Waals surface area contributed by atoms with Crippen LogP contribution >= 0.6 is 0 Å². The van der Waals surface area contributed by atoms with Crippen molar-refractivity contribution in [2.75, 3.05) is 7.11 Å². The molecule has 2 aromatic rings. The van der Waals surface area contributed by atoms with Crippen molar-refractivity contribution in [3.63, 3.8) is 0 Å². The van der Waals surface area contributed by atoms with Gasteiger partial charge in [-0.15, -0.1) is 0 Å². The Kier molecular flexibility index (Phi) is 7.23. The second-order valence-electron chi connectivity index (χ2n) is 5.52. The maximum atomic E-state index is 9.37. The van der Waals surface area contributed by atoms with Crippen LogP contribution in [0.5, 0.6) is 11.5 Å². The van der Waals surface area contributed by atoms with Crippen LogP contribution in [0.1, 0.15) is 18.1 Å². The van der Waals surface area contributed by atoms with Gasteiger partial charge in [0.25, 0.3) is 0 Å². The lowest BCUT2D eigenvalue weighted by Crippen LogP contribution is -2.13. The minimum Gasteiger partial charge on any atom is -0.508 e. The number of benzene rings is 2. The van der Waals surface area contributed by atoms with Crippen molar-refractivity contribution in [3.8, 4) is 17.6 Å². The zero-order valence-electron chi connectivity index (χ0n) is 14.8. The molecule has 4 nitrogen and oxygen atoms in total. The summed E-state index contributed by atoms with van der Waals surface area (Å²) in [4.78, 5) is 0. The molecule has 0 aromatic heterocycles. The summed E-state index contributed by atoms with van der Waals surface area (Å²) >= 11 is 0. The summed E-state index contributed by atoms with van der Waals surface area (Å²) < 4.78 is 10.6. The lowest BCUT2D eigenvalue weighted by atomic mass is 10.1. The Bertz CT molecular complexity index is 825. The summed E-state index contributed by atoms with van der Waals surface area (Å²) in [6, 6.07) is 16.5. The van der Waals surface area contributed by atoms with E-state index < -0.39 is 0 Å². The van der Waals surface area contributed by atoms with Crippen molar-refractivity contribution in [3.05, 3.63) is 83.5 Å². The number of phenolic OH excluding ortho intramolecular Hbond substituents is 1. The highest BCUT2D eigenvalue weighted by molar-refractivity contribution is 5.65. The van der Waals surface area contributed by atoms with Crippen LogP contribution in [0, 0.1) is 11.3 Å². The van der Waals surface area contributed by atoms with Gasteiger partial charge in [-0.3, -0.25) is 0 Å². The first-order valence-corrected chi connectivity index (χ1v) is 8.15. The van der Waals surface area contributed by atoms with E-state index in [-0.39, 0.29) is 12.0 Å². The van der Waals surface area contributed by atoms with E-state index in [1.54, 1.807) is 25.3 Å². The van der Waals surface area contributed by atoms with Gasteiger partial charge in [0, 0.05) is 13.2 Å². The second kappa shape index (κ2) is 9.87. The van der Waals surface area contributed by atoms with Gasteiger partial charge < -0.3 is 14.6 Å². The standard InChI is InChI=1S/C22H21NO3/c1-17(25-2)26-22-13-9-18(10-14-22)5-6-19(4-3-15-23)16-20-7-11-21(24)12-8-20/h3-14,16-17,24H,1-2H3. The summed E-state index contributed by atoms with van der Waals surface area (Å²) in [7, 11) is 1.60. The van der Waals surface area contributed by atoms with Crippen molar-refractivity contribution >= 4 is 12.2 Å². The molecule has 0 saturated heterocycles. The Balaban J connectivity index is 2.16. The van der Waals surface area contributed by atoms with E-state index in [9.17, 15) is 5.11 Å². The van der Waals surface area contributed by atoms with Gasteiger partial charge in [0.1, 0.15) is 11.5 Å². The molecular weight excluding hydrogens is 326 g/mol. The number of phenols is 1. The molecule has 0 bridgehead atoms. The Morgan fingerprint density at radius 1 is 1.04 bits per heavy atom. The molecule has 2 aromatic carbocycles. The molecule has 1 unspecified atom stereocenters. The van der Waals surface area contributed by atoms with Crippen LogP contribution in [0.3, 0.4) is 0 Å². The highest BCUT2D eigenvalue weighted by atomic mass is 16.7. The normalized spacial score (nSPS) is 13.0. The van der Waals surface area contributed by atoms with Gasteiger partial charge in [-0.2, -0.15) is 5.26 Å². The molecule has 0 aliphatic heterocycles. The van der Waals surface area contributed by atoms with E-state index >= 15 is 0 Å². The predicted molar refractivity (Wildman–Crippen MR) is 103 cm³/mol. The molecule has 0 aliphatic rings. The SMILES string of the molecule is COC(C)Oc1ccc(C=CC(C=CC#N)=Cc2ccc(O)cc2)cc1. The van der Waals surface area contributed by atoms with Gasteiger partial charge in [0.15, 0.2) is 6.29 Å². The fraction of sp³-hybridized carbons (Fsp3) is 0.136. The molecular formula is C22H21NO3. The van der Waals surface area contributed by atoms with E-state index in [1.807, 2.05) is 67.6 Å². The molecule has 0 aliphatic carbocycles. The minimum absolute atomic E-state index is 0.219. The average molecular weight is 347 g/mol. The number of aromatic hydroxyl groups is 1. The molecule has 1 N–H and O–H groups in total. The third kappa shape index (κ3) is 6.31.